The van der Waals surface area contributed by atoms with Gasteiger partial charge >= 0.3 is 23.8 Å². The molecule has 0 spiro atoms. The number of aromatic carboxylic acids is 1. The van der Waals surface area contributed by atoms with Gasteiger partial charge in [-0.05, 0) is 12.1 Å². The molecule has 0 radical (unpaired) electrons. The summed E-state index contributed by atoms with van der Waals surface area (Å²) in [7, 11) is 0. The molecule has 2 amide bonds. The van der Waals surface area contributed by atoms with E-state index in [2.05, 4.69) is 5.32 Å². The zero-order valence-corrected chi connectivity index (χ0v) is 11.6. The number of nitrogens with zero attached hydrogens (tertiary/aromatic N) is 1. The van der Waals surface area contributed by atoms with Gasteiger partial charge in [-0.3, -0.25) is 15.3 Å². The van der Waals surface area contributed by atoms with Gasteiger partial charge in [0.2, 0.25) is 5.66 Å². The highest BCUT2D eigenvalue weighted by molar-refractivity contribution is 6.36. The summed E-state index contributed by atoms with van der Waals surface area (Å²) in [6, 6.07) is 2.89. The summed E-state index contributed by atoms with van der Waals surface area (Å²) >= 11 is 0. The molecule has 1 heterocycles. The van der Waals surface area contributed by atoms with Crippen molar-refractivity contribution in [3.05, 3.63) is 29.3 Å². The van der Waals surface area contributed by atoms with Gasteiger partial charge in [-0.15, -0.1) is 0 Å². The minimum Gasteiger partial charge on any atom is -0.507 e. The van der Waals surface area contributed by atoms with E-state index < -0.39 is 40.7 Å². The monoisotopic (exact) mass is 323 g/mol. The average molecular weight is 323 g/mol. The first-order valence-corrected chi connectivity index (χ1v) is 6.38. The number of carbonyl (C=O) groups is 4. The molecule has 1 unspecified atom stereocenters. The van der Waals surface area contributed by atoms with Crippen molar-refractivity contribution in [2.24, 2.45) is 5.73 Å². The fraction of sp³-hybridized carbons (Fsp3) is 0.231. The van der Waals surface area contributed by atoms with Crippen molar-refractivity contribution in [3.63, 3.8) is 0 Å². The minimum atomic E-state index is -2.45. The molecular weight excluding hydrogens is 310 g/mol. The number of nitrogens with one attached hydrogen (secondary N) is 1. The van der Waals surface area contributed by atoms with Crippen LogP contribution in [0, 0.1) is 0 Å². The molecule has 1 aliphatic heterocycles. The molecule has 0 bridgehead atoms. The molecule has 10 heteroatoms. The lowest BCUT2D eigenvalue weighted by atomic mass is 9.95. The number of nitrogens with two attached hydrogens (primary N) is 1. The summed E-state index contributed by atoms with van der Waals surface area (Å²) in [6.45, 7) is -0.169. The molecule has 1 aliphatic rings. The predicted octanol–water partition coefficient (Wildman–Crippen LogP) is -1.76. The third-order valence-electron chi connectivity index (χ3n) is 3.48. The van der Waals surface area contributed by atoms with Gasteiger partial charge in [-0.25, -0.2) is 9.59 Å². The van der Waals surface area contributed by atoms with Gasteiger partial charge in [-0.1, -0.05) is 6.07 Å². The van der Waals surface area contributed by atoms with E-state index in [1.807, 2.05) is 0 Å². The third kappa shape index (κ3) is 2.55. The quantitative estimate of drug-likeness (QED) is 0.406. The highest BCUT2D eigenvalue weighted by Crippen LogP contribution is 2.29. The maximum atomic E-state index is 11.9. The van der Waals surface area contributed by atoms with Gasteiger partial charge in [-0.2, -0.15) is 0 Å². The third-order valence-corrected chi connectivity index (χ3v) is 3.48. The van der Waals surface area contributed by atoms with Crippen molar-refractivity contribution in [1.29, 1.82) is 0 Å². The molecule has 10 nitrogen and oxygen atoms in total. The van der Waals surface area contributed by atoms with Crippen LogP contribution < -0.4 is 11.1 Å². The van der Waals surface area contributed by atoms with E-state index in [0.29, 0.717) is 4.90 Å². The number of piperazine rings is 1. The molecule has 1 aromatic rings. The van der Waals surface area contributed by atoms with Crippen molar-refractivity contribution in [2.45, 2.75) is 5.66 Å². The molecule has 23 heavy (non-hydrogen) atoms. The second kappa shape index (κ2) is 5.57. The number of rotatable bonds is 4. The summed E-state index contributed by atoms with van der Waals surface area (Å²) < 4.78 is 0. The van der Waals surface area contributed by atoms with E-state index in [-0.39, 0.29) is 18.7 Å². The van der Waals surface area contributed by atoms with Gasteiger partial charge in [0.25, 0.3) is 0 Å². The molecule has 1 aromatic carbocycles. The molecular formula is C13H13N3O7. The van der Waals surface area contributed by atoms with Gasteiger partial charge < -0.3 is 25.5 Å². The zero-order valence-electron chi connectivity index (χ0n) is 11.6. The number of carboxylic acids is 2. The lowest BCUT2D eigenvalue weighted by Gasteiger charge is -2.39. The van der Waals surface area contributed by atoms with E-state index >= 15 is 0 Å². The van der Waals surface area contributed by atoms with Crippen LogP contribution in [0.2, 0.25) is 0 Å². The van der Waals surface area contributed by atoms with Crippen molar-refractivity contribution >= 4 is 23.8 Å². The SMILES string of the molecule is NC(C(=O)O)(c1ccc(O)c(C(=O)O)c1)N1CCNC(=O)C1=O. The number of hydrogen-bond donors (Lipinski definition) is 5. The maximum Gasteiger partial charge on any atom is 0.349 e. The molecule has 0 saturated carbocycles. The first-order valence-electron chi connectivity index (χ1n) is 6.38. The molecule has 0 aliphatic carbocycles. The Morgan fingerprint density at radius 1 is 1.26 bits per heavy atom. The number of phenols is 1. The molecule has 2 rings (SSSR count). The number of benzene rings is 1. The molecule has 1 atom stereocenters. The Balaban J connectivity index is 2.60. The molecule has 1 fully saturated rings. The van der Waals surface area contributed by atoms with Crippen LogP contribution in [-0.4, -0.2) is 57.1 Å². The van der Waals surface area contributed by atoms with E-state index in [9.17, 15) is 29.4 Å². The second-order valence-electron chi connectivity index (χ2n) is 4.82. The lowest BCUT2D eigenvalue weighted by Crippen LogP contribution is -2.66. The van der Waals surface area contributed by atoms with E-state index in [1.165, 1.54) is 0 Å². The number of hydrogen-bond acceptors (Lipinski definition) is 6. The molecule has 0 aromatic heterocycles. The van der Waals surface area contributed by atoms with E-state index in [4.69, 9.17) is 10.8 Å². The summed E-state index contributed by atoms with van der Waals surface area (Å²) in [6.07, 6.45) is 0. The topological polar surface area (TPSA) is 170 Å². The largest absolute Gasteiger partial charge is 0.507 e. The Hall–Kier alpha value is -3.14. The van der Waals surface area contributed by atoms with Crippen LogP contribution in [0.4, 0.5) is 0 Å². The number of aliphatic carboxylic acids is 1. The van der Waals surface area contributed by atoms with Crippen LogP contribution in [0.15, 0.2) is 18.2 Å². The van der Waals surface area contributed by atoms with Crippen LogP contribution in [0.1, 0.15) is 15.9 Å². The average Bonchev–Trinajstić information content (AvgIpc) is 2.49. The number of carbonyl (C=O) groups excluding carboxylic acids is 2. The van der Waals surface area contributed by atoms with Gasteiger partial charge in [0, 0.05) is 18.7 Å². The standard InChI is InChI=1S/C13H13N3O7/c14-13(12(22)23,16-4-3-15-9(18)10(16)19)6-1-2-8(17)7(5-6)11(20)21/h1-2,5,17H,3-4,14H2,(H,15,18)(H,20,21)(H,22,23). The smallest absolute Gasteiger partial charge is 0.349 e. The Bertz CT molecular complexity index is 718. The van der Waals surface area contributed by atoms with Gasteiger partial charge in [0.1, 0.15) is 11.3 Å². The Kier molecular flexibility index (Phi) is 3.93. The van der Waals surface area contributed by atoms with Crippen LogP contribution in [-0.2, 0) is 20.0 Å². The van der Waals surface area contributed by atoms with Crippen molar-refractivity contribution in [2.75, 3.05) is 13.1 Å². The summed E-state index contributed by atoms with van der Waals surface area (Å²) in [5.74, 6) is -5.89. The lowest BCUT2D eigenvalue weighted by molar-refractivity contribution is -0.165. The Labute approximate surface area is 129 Å². The second-order valence-corrected chi connectivity index (χ2v) is 4.82. The first kappa shape index (κ1) is 16.2. The highest BCUT2D eigenvalue weighted by Gasteiger charge is 2.48. The highest BCUT2D eigenvalue weighted by atomic mass is 16.4. The Morgan fingerprint density at radius 3 is 2.48 bits per heavy atom. The number of carboxylic acid groups (broad SMARTS) is 2. The maximum absolute atomic E-state index is 11.9. The summed E-state index contributed by atoms with van der Waals surface area (Å²) in [4.78, 5) is 46.8. The van der Waals surface area contributed by atoms with Crippen molar-refractivity contribution in [1.82, 2.24) is 10.2 Å². The predicted molar refractivity (Wildman–Crippen MR) is 73.3 cm³/mol. The molecule has 122 valence electrons. The first-order chi connectivity index (χ1) is 10.7. The fourth-order valence-corrected chi connectivity index (χ4v) is 2.26. The Morgan fingerprint density at radius 2 is 1.91 bits per heavy atom. The summed E-state index contributed by atoms with van der Waals surface area (Å²) in [5.41, 5.74) is 2.57. The van der Waals surface area contributed by atoms with E-state index in [1.54, 1.807) is 0 Å². The van der Waals surface area contributed by atoms with Crippen molar-refractivity contribution in [3.8, 4) is 5.75 Å². The van der Waals surface area contributed by atoms with Crippen LogP contribution in [0.25, 0.3) is 0 Å². The fourth-order valence-electron chi connectivity index (χ4n) is 2.26. The van der Waals surface area contributed by atoms with Crippen molar-refractivity contribution < 1.29 is 34.5 Å². The van der Waals surface area contributed by atoms with Crippen LogP contribution in [0.5, 0.6) is 5.75 Å². The van der Waals surface area contributed by atoms with E-state index in [0.717, 1.165) is 18.2 Å². The summed E-state index contributed by atoms with van der Waals surface area (Å²) in [5, 5.41) is 30.2. The van der Waals surface area contributed by atoms with Crippen LogP contribution >= 0.6 is 0 Å². The normalized spacial score (nSPS) is 17.3. The molecule has 6 N–H and O–H groups in total. The zero-order chi connectivity index (χ0) is 17.4. The van der Waals surface area contributed by atoms with Gasteiger partial charge in [0.05, 0.1) is 0 Å². The number of aromatic hydroxyl groups is 1. The number of amides is 2. The molecule has 1 saturated heterocycles. The minimum absolute atomic E-state index is 0.000669. The van der Waals surface area contributed by atoms with Crippen LogP contribution in [0.3, 0.4) is 0 Å². The van der Waals surface area contributed by atoms with Gasteiger partial charge in [0.15, 0.2) is 0 Å².